The van der Waals surface area contributed by atoms with Crippen LogP contribution in [0.4, 0.5) is 14.5 Å². The molecule has 0 radical (unpaired) electrons. The Labute approximate surface area is 119 Å². The fourth-order valence-electron chi connectivity index (χ4n) is 1.72. The van der Waals surface area contributed by atoms with Crippen LogP contribution in [0.15, 0.2) is 36.4 Å². The van der Waals surface area contributed by atoms with Gasteiger partial charge in [-0.2, -0.15) is 0 Å². The van der Waals surface area contributed by atoms with Crippen molar-refractivity contribution in [2.45, 2.75) is 13.0 Å². The van der Waals surface area contributed by atoms with Gasteiger partial charge in [-0.05, 0) is 36.8 Å². The Balaban J connectivity index is 2.37. The SMILES string of the molecule is CC(N)c1ccc(Oc2ccc(F)cc2[N+](=O)[O-])c(F)c1. The highest BCUT2D eigenvalue weighted by Gasteiger charge is 2.18. The monoisotopic (exact) mass is 294 g/mol. The van der Waals surface area contributed by atoms with E-state index in [2.05, 4.69) is 0 Å². The van der Waals surface area contributed by atoms with Gasteiger partial charge in [-0.15, -0.1) is 0 Å². The van der Waals surface area contributed by atoms with Gasteiger partial charge < -0.3 is 10.5 Å². The second-order valence-corrected chi connectivity index (χ2v) is 4.45. The molecule has 7 heteroatoms. The Morgan fingerprint density at radius 2 is 1.86 bits per heavy atom. The Morgan fingerprint density at radius 3 is 2.43 bits per heavy atom. The molecule has 2 rings (SSSR count). The number of nitrogens with zero attached hydrogens (tertiary/aromatic N) is 1. The van der Waals surface area contributed by atoms with Crippen molar-refractivity contribution >= 4 is 5.69 Å². The Kier molecular flexibility index (Phi) is 4.13. The van der Waals surface area contributed by atoms with Crippen LogP contribution < -0.4 is 10.5 Å². The van der Waals surface area contributed by atoms with E-state index in [1.54, 1.807) is 13.0 Å². The molecule has 0 aliphatic heterocycles. The molecule has 1 unspecified atom stereocenters. The first-order valence-corrected chi connectivity index (χ1v) is 6.05. The summed E-state index contributed by atoms with van der Waals surface area (Å²) in [6.45, 7) is 1.69. The first-order valence-electron chi connectivity index (χ1n) is 6.05. The van der Waals surface area contributed by atoms with Crippen molar-refractivity contribution in [3.05, 3.63) is 63.7 Å². The van der Waals surface area contributed by atoms with Crippen molar-refractivity contribution < 1.29 is 18.4 Å². The van der Waals surface area contributed by atoms with Crippen molar-refractivity contribution in [1.82, 2.24) is 0 Å². The van der Waals surface area contributed by atoms with E-state index in [1.165, 1.54) is 12.1 Å². The second kappa shape index (κ2) is 5.84. The molecule has 0 aromatic heterocycles. The third-order valence-electron chi connectivity index (χ3n) is 2.82. The summed E-state index contributed by atoms with van der Waals surface area (Å²) in [5, 5.41) is 10.8. The van der Waals surface area contributed by atoms with Crippen LogP contribution >= 0.6 is 0 Å². The van der Waals surface area contributed by atoms with Crippen molar-refractivity contribution in [3.63, 3.8) is 0 Å². The highest BCUT2D eigenvalue weighted by atomic mass is 19.1. The zero-order chi connectivity index (χ0) is 15.6. The maximum atomic E-state index is 13.9. The summed E-state index contributed by atoms with van der Waals surface area (Å²) in [6, 6.07) is 6.50. The van der Waals surface area contributed by atoms with Gasteiger partial charge in [-0.3, -0.25) is 10.1 Å². The van der Waals surface area contributed by atoms with Crippen LogP contribution in [0.5, 0.6) is 11.5 Å². The Hall–Kier alpha value is -2.54. The van der Waals surface area contributed by atoms with E-state index < -0.39 is 22.2 Å². The van der Waals surface area contributed by atoms with E-state index in [9.17, 15) is 18.9 Å². The fourth-order valence-corrected chi connectivity index (χ4v) is 1.72. The molecule has 0 aliphatic carbocycles. The first-order chi connectivity index (χ1) is 9.88. The molecule has 0 fully saturated rings. The summed E-state index contributed by atoms with van der Waals surface area (Å²) >= 11 is 0. The predicted octanol–water partition coefficient (Wildman–Crippen LogP) is 3.69. The fraction of sp³-hybridized carbons (Fsp3) is 0.143. The minimum Gasteiger partial charge on any atom is -0.447 e. The van der Waals surface area contributed by atoms with Crippen LogP contribution in [-0.2, 0) is 0 Å². The van der Waals surface area contributed by atoms with Crippen molar-refractivity contribution in [1.29, 1.82) is 0 Å². The normalized spacial score (nSPS) is 12.0. The van der Waals surface area contributed by atoms with Gasteiger partial charge in [0.05, 0.1) is 11.0 Å². The van der Waals surface area contributed by atoms with Gasteiger partial charge >= 0.3 is 5.69 Å². The van der Waals surface area contributed by atoms with Crippen LogP contribution in [-0.4, -0.2) is 4.92 Å². The van der Waals surface area contributed by atoms with Crippen molar-refractivity contribution in [2.24, 2.45) is 5.73 Å². The number of benzene rings is 2. The molecule has 0 aliphatic rings. The smallest absolute Gasteiger partial charge is 0.314 e. The largest absolute Gasteiger partial charge is 0.447 e. The molecule has 2 aromatic rings. The molecule has 5 nitrogen and oxygen atoms in total. The maximum Gasteiger partial charge on any atom is 0.314 e. The average Bonchev–Trinajstić information content (AvgIpc) is 2.42. The highest BCUT2D eigenvalue weighted by Crippen LogP contribution is 2.33. The number of hydrogen-bond donors (Lipinski definition) is 1. The van der Waals surface area contributed by atoms with E-state index in [0.717, 1.165) is 12.1 Å². The number of halogens is 2. The van der Waals surface area contributed by atoms with Crippen LogP contribution in [0.3, 0.4) is 0 Å². The third kappa shape index (κ3) is 3.32. The molecule has 0 saturated heterocycles. The van der Waals surface area contributed by atoms with Gasteiger partial charge in [0, 0.05) is 6.04 Å². The number of nitro groups is 1. The van der Waals surface area contributed by atoms with Crippen LogP contribution in [0.1, 0.15) is 18.5 Å². The molecule has 2 N–H and O–H groups in total. The van der Waals surface area contributed by atoms with Gasteiger partial charge in [-0.25, -0.2) is 8.78 Å². The number of ether oxygens (including phenoxy) is 1. The minimum atomic E-state index is -0.799. The van der Waals surface area contributed by atoms with Crippen molar-refractivity contribution in [2.75, 3.05) is 0 Å². The van der Waals surface area contributed by atoms with Crippen LogP contribution in [0, 0.1) is 21.7 Å². The zero-order valence-electron chi connectivity index (χ0n) is 11.0. The molecular formula is C14H12F2N2O3. The number of nitrogens with two attached hydrogens (primary N) is 1. The quantitative estimate of drug-likeness (QED) is 0.689. The molecule has 0 saturated carbocycles. The van der Waals surface area contributed by atoms with Gasteiger partial charge in [0.2, 0.25) is 5.75 Å². The summed E-state index contributed by atoms with van der Waals surface area (Å²) in [5.41, 5.74) is 5.61. The molecule has 0 heterocycles. The molecule has 1 atom stereocenters. The minimum absolute atomic E-state index is 0.200. The van der Waals surface area contributed by atoms with Gasteiger partial charge in [-0.1, -0.05) is 6.07 Å². The lowest BCUT2D eigenvalue weighted by Crippen LogP contribution is -2.05. The van der Waals surface area contributed by atoms with E-state index in [0.29, 0.717) is 11.6 Å². The summed E-state index contributed by atoms with van der Waals surface area (Å²) in [5.74, 6) is -1.92. The predicted molar refractivity (Wildman–Crippen MR) is 72.1 cm³/mol. The van der Waals surface area contributed by atoms with Gasteiger partial charge in [0.25, 0.3) is 0 Å². The van der Waals surface area contributed by atoms with Gasteiger partial charge in [0.15, 0.2) is 11.6 Å². The number of nitro benzene ring substituents is 1. The molecule has 110 valence electrons. The molecule has 0 spiro atoms. The van der Waals surface area contributed by atoms with E-state index in [-0.39, 0.29) is 17.5 Å². The van der Waals surface area contributed by atoms with Crippen LogP contribution in [0.25, 0.3) is 0 Å². The summed E-state index contributed by atoms with van der Waals surface area (Å²) < 4.78 is 32.1. The zero-order valence-corrected chi connectivity index (χ0v) is 11.0. The third-order valence-corrected chi connectivity index (χ3v) is 2.82. The Bertz CT molecular complexity index is 690. The second-order valence-electron chi connectivity index (χ2n) is 4.45. The van der Waals surface area contributed by atoms with Crippen molar-refractivity contribution in [3.8, 4) is 11.5 Å². The standard InChI is InChI=1S/C14H12F2N2O3/c1-8(17)9-2-4-13(11(16)6-9)21-14-5-3-10(15)7-12(14)18(19)20/h2-8H,17H2,1H3. The topological polar surface area (TPSA) is 78.4 Å². The Morgan fingerprint density at radius 1 is 1.19 bits per heavy atom. The molecule has 0 amide bonds. The average molecular weight is 294 g/mol. The van der Waals surface area contributed by atoms with E-state index in [4.69, 9.17) is 10.5 Å². The lowest BCUT2D eigenvalue weighted by Gasteiger charge is -2.10. The van der Waals surface area contributed by atoms with Gasteiger partial charge in [0.1, 0.15) is 5.82 Å². The van der Waals surface area contributed by atoms with Crippen LogP contribution in [0.2, 0.25) is 0 Å². The maximum absolute atomic E-state index is 13.9. The van der Waals surface area contributed by atoms with E-state index >= 15 is 0 Å². The summed E-state index contributed by atoms with van der Waals surface area (Å²) in [7, 11) is 0. The number of rotatable bonds is 4. The summed E-state index contributed by atoms with van der Waals surface area (Å²) in [4.78, 5) is 10.0. The first kappa shape index (κ1) is 14.9. The lowest BCUT2D eigenvalue weighted by atomic mass is 10.1. The summed E-state index contributed by atoms with van der Waals surface area (Å²) in [6.07, 6.45) is 0. The molecule has 21 heavy (non-hydrogen) atoms. The molecule has 2 aromatic carbocycles. The number of hydrogen-bond acceptors (Lipinski definition) is 4. The lowest BCUT2D eigenvalue weighted by molar-refractivity contribution is -0.385. The molecule has 0 bridgehead atoms. The highest BCUT2D eigenvalue weighted by molar-refractivity contribution is 5.49. The molecular weight excluding hydrogens is 282 g/mol. The van der Waals surface area contributed by atoms with E-state index in [1.807, 2.05) is 0 Å².